The van der Waals surface area contributed by atoms with Crippen molar-refractivity contribution < 1.29 is 0 Å². The topological polar surface area (TPSA) is 96.3 Å². The lowest BCUT2D eigenvalue weighted by molar-refractivity contribution is 0.188. The molecule has 1 aromatic heterocycles. The molecule has 1 aliphatic carbocycles. The van der Waals surface area contributed by atoms with E-state index in [0.29, 0.717) is 25.2 Å². The Balaban J connectivity index is 1.47. The summed E-state index contributed by atoms with van der Waals surface area (Å²) in [4.78, 5) is 15.5. The van der Waals surface area contributed by atoms with E-state index in [4.69, 9.17) is 16.5 Å². The third-order valence-corrected chi connectivity index (χ3v) is 6.51. The first-order valence-corrected chi connectivity index (χ1v) is 11.3. The van der Waals surface area contributed by atoms with Gasteiger partial charge in [0, 0.05) is 31.9 Å². The number of allylic oxidation sites excluding steroid dienone is 1. The number of aromatic amines is 1. The van der Waals surface area contributed by atoms with Crippen molar-refractivity contribution in [3.05, 3.63) is 88.8 Å². The number of imidazole rings is 1. The first-order valence-electron chi connectivity index (χ1n) is 11.3. The lowest BCUT2D eigenvalue weighted by Crippen LogP contribution is -2.37. The molecule has 0 saturated carbocycles. The third-order valence-electron chi connectivity index (χ3n) is 6.51. The molecule has 6 heteroatoms. The summed E-state index contributed by atoms with van der Waals surface area (Å²) in [7, 11) is 0. The normalized spacial score (nSPS) is 20.0. The predicted octanol–water partition coefficient (Wildman–Crippen LogP) is 3.58. The molecule has 2 aromatic carbocycles. The molecule has 2 unspecified atom stereocenters. The highest BCUT2D eigenvalue weighted by Crippen LogP contribution is 2.29. The van der Waals surface area contributed by atoms with E-state index in [1.165, 1.54) is 11.1 Å². The van der Waals surface area contributed by atoms with Crippen LogP contribution in [-0.4, -0.2) is 33.2 Å². The Labute approximate surface area is 188 Å². The summed E-state index contributed by atoms with van der Waals surface area (Å²) < 4.78 is 0. The number of aliphatic imine (C=N–C) groups is 1. The van der Waals surface area contributed by atoms with Crippen LogP contribution in [-0.2, 0) is 26.2 Å². The zero-order valence-electron chi connectivity index (χ0n) is 18.2. The minimum atomic E-state index is 0.299. The SMILES string of the molecule is NCc1ccc(CN(Cc2nc3ccccc3[nH]2)C2C=C3C=CC=NC3CC2)c(CN)c1. The number of hydrogen-bond acceptors (Lipinski definition) is 5. The smallest absolute Gasteiger partial charge is 0.121 e. The molecule has 6 nitrogen and oxygen atoms in total. The number of fused-ring (bicyclic) bond motifs is 2. The second kappa shape index (κ2) is 9.20. The molecule has 5 N–H and O–H groups in total. The van der Waals surface area contributed by atoms with Crippen LogP contribution in [0.3, 0.4) is 0 Å². The summed E-state index contributed by atoms with van der Waals surface area (Å²) in [5.74, 6) is 0.983. The first kappa shape index (κ1) is 20.8. The quantitative estimate of drug-likeness (QED) is 0.538. The summed E-state index contributed by atoms with van der Waals surface area (Å²) in [6, 6.07) is 15.2. The van der Waals surface area contributed by atoms with Crippen molar-refractivity contribution in [3.8, 4) is 0 Å². The van der Waals surface area contributed by atoms with Gasteiger partial charge in [-0.2, -0.15) is 0 Å². The van der Waals surface area contributed by atoms with Crippen LogP contribution >= 0.6 is 0 Å². The molecule has 2 atom stereocenters. The Morgan fingerprint density at radius 1 is 1.00 bits per heavy atom. The van der Waals surface area contributed by atoms with E-state index in [-0.39, 0.29) is 0 Å². The van der Waals surface area contributed by atoms with E-state index in [1.54, 1.807) is 0 Å². The van der Waals surface area contributed by atoms with Gasteiger partial charge in [0.1, 0.15) is 5.82 Å². The van der Waals surface area contributed by atoms with Gasteiger partial charge in [-0.1, -0.05) is 42.5 Å². The van der Waals surface area contributed by atoms with Crippen molar-refractivity contribution in [3.63, 3.8) is 0 Å². The number of hydrogen-bond donors (Lipinski definition) is 3. The van der Waals surface area contributed by atoms with E-state index < -0.39 is 0 Å². The lowest BCUT2D eigenvalue weighted by Gasteiger charge is -2.35. The minimum Gasteiger partial charge on any atom is -0.341 e. The second-order valence-electron chi connectivity index (χ2n) is 8.60. The van der Waals surface area contributed by atoms with Crippen LogP contribution in [0.2, 0.25) is 0 Å². The molecule has 0 amide bonds. The Bertz CT molecular complexity index is 1160. The molecule has 32 heavy (non-hydrogen) atoms. The number of aromatic nitrogens is 2. The molecule has 0 fully saturated rings. The Hall–Kier alpha value is -3.06. The molecule has 0 saturated heterocycles. The molecular weight excluding hydrogens is 396 g/mol. The van der Waals surface area contributed by atoms with Crippen molar-refractivity contribution in [2.45, 2.75) is 51.1 Å². The zero-order chi connectivity index (χ0) is 21.9. The largest absolute Gasteiger partial charge is 0.341 e. The molecule has 0 spiro atoms. The van der Waals surface area contributed by atoms with E-state index in [1.807, 2.05) is 24.4 Å². The minimum absolute atomic E-state index is 0.299. The monoisotopic (exact) mass is 426 g/mol. The Morgan fingerprint density at radius 2 is 1.91 bits per heavy atom. The number of dihydropyridines is 1. The fraction of sp³-hybridized carbons (Fsp3) is 0.308. The number of nitrogens with one attached hydrogen (secondary N) is 1. The van der Waals surface area contributed by atoms with E-state index in [0.717, 1.165) is 53.9 Å². The Morgan fingerprint density at radius 3 is 2.75 bits per heavy atom. The molecule has 164 valence electrons. The number of rotatable bonds is 7. The molecule has 1 aliphatic heterocycles. The number of benzene rings is 2. The van der Waals surface area contributed by atoms with E-state index >= 15 is 0 Å². The standard InChI is InChI=1S/C26H30N6/c27-14-18-7-8-20(21(12-18)15-28)16-32(17-26-30-24-5-1-2-6-25(24)31-26)22-9-10-23-19(13-22)4-3-11-29-23/h1-8,11-13,22-23H,9-10,14-17,27-28H2,(H,30,31). The van der Waals surface area contributed by atoms with E-state index in [9.17, 15) is 0 Å². The van der Waals surface area contributed by atoms with E-state index in [2.05, 4.69) is 57.4 Å². The van der Waals surface area contributed by atoms with Gasteiger partial charge in [-0.15, -0.1) is 0 Å². The van der Waals surface area contributed by atoms with Gasteiger partial charge in [0.25, 0.3) is 0 Å². The molecule has 0 bridgehead atoms. The summed E-state index contributed by atoms with van der Waals surface area (Å²) in [5, 5.41) is 0. The van der Waals surface area contributed by atoms with Crippen LogP contribution in [0.5, 0.6) is 0 Å². The van der Waals surface area contributed by atoms with Crippen LogP contribution in [0.1, 0.15) is 35.4 Å². The van der Waals surface area contributed by atoms with Crippen molar-refractivity contribution >= 4 is 17.2 Å². The number of nitrogens with zero attached hydrogens (tertiary/aromatic N) is 3. The molecule has 0 radical (unpaired) electrons. The fourth-order valence-electron chi connectivity index (χ4n) is 4.77. The fourth-order valence-corrected chi connectivity index (χ4v) is 4.77. The van der Waals surface area contributed by atoms with Gasteiger partial charge in [-0.25, -0.2) is 4.98 Å². The van der Waals surface area contributed by atoms with Gasteiger partial charge >= 0.3 is 0 Å². The zero-order valence-corrected chi connectivity index (χ0v) is 18.2. The molecule has 2 heterocycles. The molecular formula is C26H30N6. The van der Waals surface area contributed by atoms with Crippen molar-refractivity contribution in [2.24, 2.45) is 16.5 Å². The summed E-state index contributed by atoms with van der Waals surface area (Å²) >= 11 is 0. The molecule has 2 aliphatic rings. The number of nitrogens with two attached hydrogens (primary N) is 2. The van der Waals surface area contributed by atoms with Gasteiger partial charge in [0.15, 0.2) is 0 Å². The van der Waals surface area contributed by atoms with Gasteiger partial charge in [0.05, 0.1) is 23.6 Å². The van der Waals surface area contributed by atoms with Crippen LogP contribution in [0, 0.1) is 0 Å². The van der Waals surface area contributed by atoms with Crippen molar-refractivity contribution in [1.29, 1.82) is 0 Å². The van der Waals surface area contributed by atoms with Crippen LogP contribution in [0.15, 0.2) is 71.3 Å². The Kier molecular flexibility index (Phi) is 5.99. The predicted molar refractivity (Wildman–Crippen MR) is 130 cm³/mol. The maximum absolute atomic E-state index is 6.10. The van der Waals surface area contributed by atoms with Gasteiger partial charge in [0.2, 0.25) is 0 Å². The van der Waals surface area contributed by atoms with Crippen LogP contribution in [0.4, 0.5) is 0 Å². The summed E-state index contributed by atoms with van der Waals surface area (Å²) in [6.45, 7) is 2.58. The average molecular weight is 427 g/mol. The maximum Gasteiger partial charge on any atom is 0.121 e. The van der Waals surface area contributed by atoms with Gasteiger partial charge in [-0.3, -0.25) is 9.89 Å². The lowest BCUT2D eigenvalue weighted by atomic mass is 9.89. The second-order valence-corrected chi connectivity index (χ2v) is 8.60. The molecule has 3 aromatic rings. The van der Waals surface area contributed by atoms with Crippen molar-refractivity contribution in [2.75, 3.05) is 0 Å². The highest BCUT2D eigenvalue weighted by atomic mass is 15.2. The highest BCUT2D eigenvalue weighted by molar-refractivity contribution is 5.75. The number of para-hydroxylation sites is 2. The van der Waals surface area contributed by atoms with Crippen LogP contribution in [0.25, 0.3) is 11.0 Å². The number of H-pyrrole nitrogens is 1. The van der Waals surface area contributed by atoms with Crippen LogP contribution < -0.4 is 11.5 Å². The maximum atomic E-state index is 6.10. The summed E-state index contributed by atoms with van der Waals surface area (Å²) in [5.41, 5.74) is 18.9. The summed E-state index contributed by atoms with van der Waals surface area (Å²) in [6.07, 6.45) is 10.7. The van der Waals surface area contributed by atoms with Gasteiger partial charge < -0.3 is 16.5 Å². The van der Waals surface area contributed by atoms with Gasteiger partial charge in [-0.05, 0) is 53.3 Å². The van der Waals surface area contributed by atoms with Crippen molar-refractivity contribution in [1.82, 2.24) is 14.9 Å². The average Bonchev–Trinajstić information content (AvgIpc) is 3.26. The molecule has 5 rings (SSSR count). The first-order chi connectivity index (χ1) is 15.7. The highest BCUT2D eigenvalue weighted by Gasteiger charge is 2.27. The third kappa shape index (κ3) is 4.30.